The number of pyridine rings is 1. The van der Waals surface area contributed by atoms with Crippen LogP contribution < -0.4 is 5.32 Å². The van der Waals surface area contributed by atoms with Gasteiger partial charge in [-0.3, -0.25) is 14.6 Å². The van der Waals surface area contributed by atoms with Crippen LogP contribution in [0.3, 0.4) is 0 Å². The molecule has 0 aliphatic rings. The number of benzene rings is 1. The second kappa shape index (κ2) is 9.19. The third kappa shape index (κ3) is 4.90. The molecule has 0 unspecified atom stereocenters. The summed E-state index contributed by atoms with van der Waals surface area (Å²) in [5, 5.41) is 2.83. The summed E-state index contributed by atoms with van der Waals surface area (Å²) < 4.78 is 0. The minimum Gasteiger partial charge on any atom is -0.346 e. The van der Waals surface area contributed by atoms with Gasteiger partial charge in [0.05, 0.1) is 17.8 Å². The average Bonchev–Trinajstić information content (AvgIpc) is 2.77. The summed E-state index contributed by atoms with van der Waals surface area (Å²) in [6, 6.07) is 11.6. The van der Waals surface area contributed by atoms with Gasteiger partial charge in [-0.2, -0.15) is 0 Å². The molecule has 0 atom stereocenters. The SMILES string of the molecule is CCc1cccc(-c2cnc(C(=O)C(C)C)c(C(=O)NCc3ccncn3)c2)c1. The van der Waals surface area contributed by atoms with Gasteiger partial charge in [-0.1, -0.05) is 45.0 Å². The van der Waals surface area contributed by atoms with Crippen molar-refractivity contribution in [3.8, 4) is 11.1 Å². The molecule has 0 fully saturated rings. The molecule has 1 amide bonds. The second-order valence-electron chi connectivity index (χ2n) is 7.08. The van der Waals surface area contributed by atoms with Crippen molar-refractivity contribution >= 4 is 11.7 Å². The van der Waals surface area contributed by atoms with Gasteiger partial charge in [0.15, 0.2) is 5.78 Å². The van der Waals surface area contributed by atoms with Gasteiger partial charge in [-0.15, -0.1) is 0 Å². The predicted molar refractivity (Wildman–Crippen MR) is 111 cm³/mol. The van der Waals surface area contributed by atoms with Crippen molar-refractivity contribution in [1.82, 2.24) is 20.3 Å². The van der Waals surface area contributed by atoms with Gasteiger partial charge >= 0.3 is 0 Å². The Labute approximate surface area is 170 Å². The first-order chi connectivity index (χ1) is 14.0. The van der Waals surface area contributed by atoms with E-state index in [1.807, 2.05) is 12.1 Å². The molecule has 1 aromatic carbocycles. The Kier molecular flexibility index (Phi) is 6.44. The number of carbonyl (C=O) groups is 2. The standard InChI is InChI=1S/C23H24N4O2/c1-4-16-6-5-7-17(10-16)18-11-20(21(25-12-18)22(28)15(2)3)23(29)26-13-19-8-9-24-14-27-19/h5-12,14-15H,4,13H2,1-3H3,(H,26,29). The van der Waals surface area contributed by atoms with E-state index in [-0.39, 0.29) is 35.4 Å². The highest BCUT2D eigenvalue weighted by Gasteiger charge is 2.22. The number of amides is 1. The van der Waals surface area contributed by atoms with E-state index in [2.05, 4.69) is 39.3 Å². The Morgan fingerprint density at radius 1 is 1.07 bits per heavy atom. The smallest absolute Gasteiger partial charge is 0.253 e. The van der Waals surface area contributed by atoms with E-state index >= 15 is 0 Å². The summed E-state index contributed by atoms with van der Waals surface area (Å²) in [6.45, 7) is 5.93. The van der Waals surface area contributed by atoms with Gasteiger partial charge in [-0.25, -0.2) is 9.97 Å². The first kappa shape index (κ1) is 20.3. The van der Waals surface area contributed by atoms with Gasteiger partial charge in [-0.05, 0) is 29.7 Å². The fourth-order valence-electron chi connectivity index (χ4n) is 2.93. The van der Waals surface area contributed by atoms with E-state index < -0.39 is 0 Å². The molecule has 0 saturated heterocycles. The van der Waals surface area contributed by atoms with Crippen LogP contribution in [-0.2, 0) is 13.0 Å². The molecule has 6 heteroatoms. The molecule has 6 nitrogen and oxygen atoms in total. The van der Waals surface area contributed by atoms with Gasteiger partial charge in [0, 0.05) is 23.9 Å². The van der Waals surface area contributed by atoms with E-state index in [1.54, 1.807) is 38.4 Å². The quantitative estimate of drug-likeness (QED) is 0.621. The first-order valence-electron chi connectivity index (χ1n) is 9.66. The van der Waals surface area contributed by atoms with Crippen LogP contribution in [0.1, 0.15) is 52.9 Å². The van der Waals surface area contributed by atoms with Crippen molar-refractivity contribution in [3.05, 3.63) is 77.6 Å². The second-order valence-corrected chi connectivity index (χ2v) is 7.08. The lowest BCUT2D eigenvalue weighted by Gasteiger charge is -2.13. The summed E-state index contributed by atoms with van der Waals surface area (Å²) in [7, 11) is 0. The summed E-state index contributed by atoms with van der Waals surface area (Å²) in [4.78, 5) is 37.9. The third-order valence-corrected chi connectivity index (χ3v) is 4.63. The van der Waals surface area contributed by atoms with Crippen molar-refractivity contribution in [1.29, 1.82) is 0 Å². The molecule has 0 aliphatic carbocycles. The number of hydrogen-bond donors (Lipinski definition) is 1. The Morgan fingerprint density at radius 3 is 2.59 bits per heavy atom. The van der Waals surface area contributed by atoms with Crippen LogP contribution in [0.25, 0.3) is 11.1 Å². The maximum Gasteiger partial charge on any atom is 0.253 e. The first-order valence-corrected chi connectivity index (χ1v) is 9.66. The minimum absolute atomic E-state index is 0.161. The molecule has 0 bridgehead atoms. The van der Waals surface area contributed by atoms with Crippen LogP contribution in [0.4, 0.5) is 0 Å². The molecule has 3 rings (SSSR count). The molecule has 29 heavy (non-hydrogen) atoms. The highest BCUT2D eigenvalue weighted by molar-refractivity contribution is 6.08. The number of aryl methyl sites for hydroxylation is 1. The zero-order valence-electron chi connectivity index (χ0n) is 16.8. The monoisotopic (exact) mass is 388 g/mol. The summed E-state index contributed by atoms with van der Waals surface area (Å²) in [5.74, 6) is -0.773. The number of Topliss-reactive ketones (excluding diaryl/α,β-unsaturated/α-hetero) is 1. The Bertz CT molecular complexity index is 1020. The van der Waals surface area contributed by atoms with Crippen molar-refractivity contribution in [3.63, 3.8) is 0 Å². The lowest BCUT2D eigenvalue weighted by molar-refractivity contribution is 0.0906. The fraction of sp³-hybridized carbons (Fsp3) is 0.261. The van der Waals surface area contributed by atoms with Crippen molar-refractivity contribution < 1.29 is 9.59 Å². The van der Waals surface area contributed by atoms with Gasteiger partial charge < -0.3 is 5.32 Å². The van der Waals surface area contributed by atoms with Gasteiger partial charge in [0.2, 0.25) is 0 Å². The Hall–Kier alpha value is -3.41. The normalized spacial score (nSPS) is 10.8. The average molecular weight is 388 g/mol. The van der Waals surface area contributed by atoms with Crippen LogP contribution in [-0.4, -0.2) is 26.6 Å². The van der Waals surface area contributed by atoms with Crippen LogP contribution in [0.15, 0.2) is 55.1 Å². The number of hydrogen-bond acceptors (Lipinski definition) is 5. The third-order valence-electron chi connectivity index (χ3n) is 4.63. The zero-order valence-corrected chi connectivity index (χ0v) is 16.8. The van der Waals surface area contributed by atoms with Crippen molar-refractivity contribution in [2.24, 2.45) is 5.92 Å². The summed E-state index contributed by atoms with van der Waals surface area (Å²) in [6.07, 6.45) is 5.62. The molecule has 148 valence electrons. The highest BCUT2D eigenvalue weighted by atomic mass is 16.2. The van der Waals surface area contributed by atoms with E-state index in [9.17, 15) is 9.59 Å². The van der Waals surface area contributed by atoms with E-state index in [0.717, 1.165) is 17.5 Å². The number of nitrogens with zero attached hydrogens (tertiary/aromatic N) is 3. The highest BCUT2D eigenvalue weighted by Crippen LogP contribution is 2.24. The number of carbonyl (C=O) groups excluding carboxylic acids is 2. The van der Waals surface area contributed by atoms with Crippen LogP contribution in [0, 0.1) is 5.92 Å². The fourth-order valence-corrected chi connectivity index (χ4v) is 2.93. The van der Waals surface area contributed by atoms with Crippen molar-refractivity contribution in [2.75, 3.05) is 0 Å². The number of aromatic nitrogens is 3. The molecule has 0 radical (unpaired) electrons. The number of nitrogens with one attached hydrogen (secondary N) is 1. The zero-order chi connectivity index (χ0) is 20.8. The van der Waals surface area contributed by atoms with Crippen molar-refractivity contribution in [2.45, 2.75) is 33.7 Å². The maximum absolute atomic E-state index is 12.9. The largest absolute Gasteiger partial charge is 0.346 e. The van der Waals surface area contributed by atoms with E-state index in [0.29, 0.717) is 5.69 Å². The van der Waals surface area contributed by atoms with Gasteiger partial charge in [0.25, 0.3) is 5.91 Å². The predicted octanol–water partition coefficient (Wildman–Crippen LogP) is 3.87. The molecule has 2 aromatic heterocycles. The van der Waals surface area contributed by atoms with E-state index in [1.165, 1.54) is 11.9 Å². The minimum atomic E-state index is -0.353. The summed E-state index contributed by atoms with van der Waals surface area (Å²) >= 11 is 0. The molecule has 2 heterocycles. The van der Waals surface area contributed by atoms with E-state index in [4.69, 9.17) is 0 Å². The Balaban J connectivity index is 1.96. The lowest BCUT2D eigenvalue weighted by Crippen LogP contribution is -2.27. The molecule has 0 aliphatic heterocycles. The molecule has 0 spiro atoms. The van der Waals surface area contributed by atoms with Crippen LogP contribution in [0.2, 0.25) is 0 Å². The Morgan fingerprint density at radius 2 is 1.90 bits per heavy atom. The molecule has 1 N–H and O–H groups in total. The number of rotatable bonds is 7. The number of ketones is 1. The van der Waals surface area contributed by atoms with Crippen LogP contribution >= 0.6 is 0 Å². The van der Waals surface area contributed by atoms with Crippen LogP contribution in [0.5, 0.6) is 0 Å². The van der Waals surface area contributed by atoms with Gasteiger partial charge in [0.1, 0.15) is 12.0 Å². The maximum atomic E-state index is 12.9. The molecule has 0 saturated carbocycles. The molecular formula is C23H24N4O2. The lowest BCUT2D eigenvalue weighted by atomic mass is 9.97. The molecular weight excluding hydrogens is 364 g/mol. The topological polar surface area (TPSA) is 84.8 Å². The summed E-state index contributed by atoms with van der Waals surface area (Å²) in [5.41, 5.74) is 4.11. The molecule has 3 aromatic rings.